The highest BCUT2D eigenvalue weighted by molar-refractivity contribution is 5.33. The van der Waals surface area contributed by atoms with Crippen LogP contribution in [0, 0.1) is 5.41 Å². The maximum atomic E-state index is 6.07. The van der Waals surface area contributed by atoms with E-state index in [4.69, 9.17) is 5.73 Å². The monoisotopic (exact) mass is 231 g/mol. The molecule has 1 aromatic carbocycles. The first kappa shape index (κ1) is 12.6. The Hall–Kier alpha value is -0.820. The molecule has 1 aliphatic carbocycles. The van der Waals surface area contributed by atoms with Crippen molar-refractivity contribution in [3.63, 3.8) is 0 Å². The van der Waals surface area contributed by atoms with E-state index in [1.165, 1.54) is 36.8 Å². The van der Waals surface area contributed by atoms with Crippen LogP contribution in [0.2, 0.25) is 0 Å². The fourth-order valence-electron chi connectivity index (χ4n) is 3.01. The molecule has 0 radical (unpaired) electrons. The van der Waals surface area contributed by atoms with Crippen molar-refractivity contribution in [2.75, 3.05) is 0 Å². The minimum Gasteiger partial charge on any atom is -0.324 e. The van der Waals surface area contributed by atoms with E-state index in [0.29, 0.717) is 5.41 Å². The van der Waals surface area contributed by atoms with E-state index < -0.39 is 0 Å². The number of benzene rings is 1. The first-order chi connectivity index (χ1) is 7.99. The summed E-state index contributed by atoms with van der Waals surface area (Å²) >= 11 is 0. The summed E-state index contributed by atoms with van der Waals surface area (Å²) in [6, 6.07) is 8.89. The summed E-state index contributed by atoms with van der Waals surface area (Å²) < 4.78 is 0. The predicted octanol–water partition coefficient (Wildman–Crippen LogP) is 4.39. The Morgan fingerprint density at radius 1 is 1.18 bits per heavy atom. The van der Waals surface area contributed by atoms with Crippen molar-refractivity contribution >= 4 is 0 Å². The Balaban J connectivity index is 2.18. The molecule has 2 N–H and O–H groups in total. The van der Waals surface area contributed by atoms with Gasteiger partial charge < -0.3 is 5.73 Å². The van der Waals surface area contributed by atoms with Gasteiger partial charge in [0.25, 0.3) is 0 Å². The van der Waals surface area contributed by atoms with Crippen LogP contribution in [-0.4, -0.2) is 0 Å². The van der Waals surface area contributed by atoms with Gasteiger partial charge in [0.15, 0.2) is 0 Å². The van der Waals surface area contributed by atoms with Gasteiger partial charge in [-0.2, -0.15) is 0 Å². The minimum absolute atomic E-state index is 0.154. The highest BCUT2D eigenvalue weighted by Gasteiger charge is 2.28. The second-order valence-corrected chi connectivity index (χ2v) is 6.36. The molecule has 1 heteroatoms. The van der Waals surface area contributed by atoms with Gasteiger partial charge >= 0.3 is 0 Å². The molecular weight excluding hydrogens is 206 g/mol. The molecule has 17 heavy (non-hydrogen) atoms. The van der Waals surface area contributed by atoms with E-state index in [2.05, 4.69) is 45.0 Å². The van der Waals surface area contributed by atoms with E-state index >= 15 is 0 Å². The third-order valence-corrected chi connectivity index (χ3v) is 4.27. The van der Waals surface area contributed by atoms with Gasteiger partial charge in [0.2, 0.25) is 0 Å². The van der Waals surface area contributed by atoms with Crippen LogP contribution in [0.1, 0.15) is 69.5 Å². The smallest absolute Gasteiger partial charge is 0.0268 e. The highest BCUT2D eigenvalue weighted by Crippen LogP contribution is 2.43. The fraction of sp³-hybridized carbons (Fsp3) is 0.625. The highest BCUT2D eigenvalue weighted by atomic mass is 14.6. The standard InChI is InChI=1S/C16H25N/c1-12(17)14-6-4-5-7-15(14)13-8-10-16(2,3)11-9-13/h4-7,12-13H,8-11,17H2,1-3H3. The van der Waals surface area contributed by atoms with E-state index in [1.807, 2.05) is 0 Å². The Morgan fingerprint density at radius 3 is 2.35 bits per heavy atom. The van der Waals surface area contributed by atoms with Gasteiger partial charge in [-0.25, -0.2) is 0 Å². The summed E-state index contributed by atoms with van der Waals surface area (Å²) in [4.78, 5) is 0. The molecule has 1 aliphatic rings. The fourth-order valence-corrected chi connectivity index (χ4v) is 3.01. The van der Waals surface area contributed by atoms with Crippen LogP contribution >= 0.6 is 0 Å². The van der Waals surface area contributed by atoms with Crippen LogP contribution in [0.4, 0.5) is 0 Å². The molecule has 0 aromatic heterocycles. The third-order valence-electron chi connectivity index (χ3n) is 4.27. The quantitative estimate of drug-likeness (QED) is 0.802. The maximum Gasteiger partial charge on any atom is 0.0268 e. The first-order valence-corrected chi connectivity index (χ1v) is 6.84. The van der Waals surface area contributed by atoms with Gasteiger partial charge in [0.1, 0.15) is 0 Å². The van der Waals surface area contributed by atoms with Gasteiger partial charge in [-0.05, 0) is 55.1 Å². The molecule has 1 saturated carbocycles. The van der Waals surface area contributed by atoms with Crippen molar-refractivity contribution in [1.29, 1.82) is 0 Å². The lowest BCUT2D eigenvalue weighted by atomic mass is 9.70. The summed E-state index contributed by atoms with van der Waals surface area (Å²) in [7, 11) is 0. The second kappa shape index (κ2) is 4.81. The summed E-state index contributed by atoms with van der Waals surface area (Å²) in [5, 5.41) is 0. The van der Waals surface area contributed by atoms with Gasteiger partial charge in [-0.3, -0.25) is 0 Å². The number of rotatable bonds is 2. The lowest BCUT2D eigenvalue weighted by Crippen LogP contribution is -2.21. The van der Waals surface area contributed by atoms with Crippen molar-refractivity contribution < 1.29 is 0 Å². The van der Waals surface area contributed by atoms with Gasteiger partial charge in [-0.15, -0.1) is 0 Å². The normalized spacial score (nSPS) is 22.4. The molecule has 0 spiro atoms. The third kappa shape index (κ3) is 2.90. The molecule has 1 aromatic rings. The number of nitrogens with two attached hydrogens (primary N) is 1. The molecule has 0 heterocycles. The molecule has 2 rings (SSSR count). The van der Waals surface area contributed by atoms with Crippen LogP contribution in [0.3, 0.4) is 0 Å². The predicted molar refractivity (Wildman–Crippen MR) is 74.0 cm³/mol. The molecule has 1 fully saturated rings. The van der Waals surface area contributed by atoms with Crippen LogP contribution < -0.4 is 5.73 Å². The number of hydrogen-bond acceptors (Lipinski definition) is 1. The van der Waals surface area contributed by atoms with Gasteiger partial charge in [-0.1, -0.05) is 38.1 Å². The van der Waals surface area contributed by atoms with Gasteiger partial charge in [0, 0.05) is 6.04 Å². The van der Waals surface area contributed by atoms with E-state index in [1.54, 1.807) is 0 Å². The summed E-state index contributed by atoms with van der Waals surface area (Å²) in [5.74, 6) is 0.727. The van der Waals surface area contributed by atoms with Crippen LogP contribution in [0.15, 0.2) is 24.3 Å². The average Bonchev–Trinajstić information content (AvgIpc) is 2.29. The zero-order chi connectivity index (χ0) is 12.5. The zero-order valence-corrected chi connectivity index (χ0v) is 11.4. The van der Waals surface area contributed by atoms with Crippen LogP contribution in [0.5, 0.6) is 0 Å². The van der Waals surface area contributed by atoms with E-state index in [0.717, 1.165) is 5.92 Å². The molecule has 0 amide bonds. The van der Waals surface area contributed by atoms with Crippen molar-refractivity contribution in [1.82, 2.24) is 0 Å². The van der Waals surface area contributed by atoms with Crippen molar-refractivity contribution in [3.05, 3.63) is 35.4 Å². The average molecular weight is 231 g/mol. The summed E-state index contributed by atoms with van der Waals surface area (Å²) in [6.45, 7) is 6.87. The SMILES string of the molecule is CC(N)c1ccccc1C1CCC(C)(C)CC1. The minimum atomic E-state index is 0.154. The zero-order valence-electron chi connectivity index (χ0n) is 11.4. The Morgan fingerprint density at radius 2 is 1.76 bits per heavy atom. The van der Waals surface area contributed by atoms with E-state index in [9.17, 15) is 0 Å². The number of hydrogen-bond donors (Lipinski definition) is 1. The first-order valence-electron chi connectivity index (χ1n) is 6.84. The summed E-state index contributed by atoms with van der Waals surface area (Å²) in [6.07, 6.45) is 5.31. The molecule has 1 unspecified atom stereocenters. The Kier molecular flexibility index (Phi) is 3.58. The molecule has 1 nitrogen and oxygen atoms in total. The lowest BCUT2D eigenvalue weighted by Gasteiger charge is -2.35. The Labute approximate surface area is 105 Å². The van der Waals surface area contributed by atoms with Crippen LogP contribution in [-0.2, 0) is 0 Å². The van der Waals surface area contributed by atoms with Crippen molar-refractivity contribution in [2.45, 2.75) is 58.4 Å². The molecule has 94 valence electrons. The van der Waals surface area contributed by atoms with Crippen LogP contribution in [0.25, 0.3) is 0 Å². The second-order valence-electron chi connectivity index (χ2n) is 6.36. The van der Waals surface area contributed by atoms with Crippen molar-refractivity contribution in [2.24, 2.45) is 11.1 Å². The molecule has 0 bridgehead atoms. The molecule has 0 saturated heterocycles. The maximum absolute atomic E-state index is 6.07. The Bertz CT molecular complexity index is 369. The largest absolute Gasteiger partial charge is 0.324 e. The molecule has 0 aliphatic heterocycles. The molecular formula is C16H25N. The van der Waals surface area contributed by atoms with Gasteiger partial charge in [0.05, 0.1) is 0 Å². The lowest BCUT2D eigenvalue weighted by molar-refractivity contribution is 0.224. The van der Waals surface area contributed by atoms with E-state index in [-0.39, 0.29) is 6.04 Å². The molecule has 1 atom stereocenters. The van der Waals surface area contributed by atoms with Crippen molar-refractivity contribution in [3.8, 4) is 0 Å². The topological polar surface area (TPSA) is 26.0 Å². The summed E-state index contributed by atoms with van der Waals surface area (Å²) in [5.41, 5.74) is 9.46.